The second-order valence-corrected chi connectivity index (χ2v) is 5.61. The van der Waals surface area contributed by atoms with Gasteiger partial charge in [-0.1, -0.05) is 19.9 Å². The van der Waals surface area contributed by atoms with E-state index in [4.69, 9.17) is 4.74 Å². The van der Waals surface area contributed by atoms with Crippen LogP contribution in [0.25, 0.3) is 6.08 Å². The molecule has 0 radical (unpaired) electrons. The molecule has 0 aromatic heterocycles. The Morgan fingerprint density at radius 3 is 2.62 bits per heavy atom. The highest BCUT2D eigenvalue weighted by Crippen LogP contribution is 2.18. The van der Waals surface area contributed by atoms with Gasteiger partial charge in [0.15, 0.2) is 11.6 Å². The summed E-state index contributed by atoms with van der Waals surface area (Å²) in [4.78, 5) is 11.8. The average molecular weight is 293 g/mol. The Morgan fingerprint density at radius 2 is 2.05 bits per heavy atom. The van der Waals surface area contributed by atoms with Gasteiger partial charge in [0, 0.05) is 12.1 Å². The van der Waals surface area contributed by atoms with E-state index in [1.165, 1.54) is 25.3 Å². The average Bonchev–Trinajstić information content (AvgIpc) is 2.43. The SMILES string of the molecule is COc1ccc(/C=C/C(=O)NC(C)CCC(C)C)cc1F. The third-order valence-corrected chi connectivity index (χ3v) is 3.17. The molecule has 1 aromatic rings. The summed E-state index contributed by atoms with van der Waals surface area (Å²) in [7, 11) is 1.42. The van der Waals surface area contributed by atoms with Crippen molar-refractivity contribution in [3.05, 3.63) is 35.7 Å². The minimum absolute atomic E-state index is 0.136. The molecule has 0 saturated carbocycles. The minimum atomic E-state index is -0.439. The smallest absolute Gasteiger partial charge is 0.244 e. The van der Waals surface area contributed by atoms with E-state index >= 15 is 0 Å². The predicted molar refractivity (Wildman–Crippen MR) is 83.7 cm³/mol. The largest absolute Gasteiger partial charge is 0.494 e. The number of carbonyl (C=O) groups is 1. The Morgan fingerprint density at radius 1 is 1.33 bits per heavy atom. The van der Waals surface area contributed by atoms with Crippen molar-refractivity contribution in [3.8, 4) is 5.75 Å². The van der Waals surface area contributed by atoms with Crippen LogP contribution in [0, 0.1) is 11.7 Å². The van der Waals surface area contributed by atoms with E-state index in [1.54, 1.807) is 12.1 Å². The van der Waals surface area contributed by atoms with Crippen molar-refractivity contribution in [1.82, 2.24) is 5.32 Å². The molecule has 3 nitrogen and oxygen atoms in total. The highest BCUT2D eigenvalue weighted by atomic mass is 19.1. The molecular formula is C17H24FNO2. The molecular weight excluding hydrogens is 269 g/mol. The van der Waals surface area contributed by atoms with E-state index in [1.807, 2.05) is 6.92 Å². The third kappa shape index (κ3) is 6.43. The Hall–Kier alpha value is -1.84. The van der Waals surface area contributed by atoms with Gasteiger partial charge in [0.25, 0.3) is 0 Å². The quantitative estimate of drug-likeness (QED) is 0.777. The monoisotopic (exact) mass is 293 g/mol. The van der Waals surface area contributed by atoms with Gasteiger partial charge >= 0.3 is 0 Å². The van der Waals surface area contributed by atoms with E-state index in [0.717, 1.165) is 12.8 Å². The number of methoxy groups -OCH3 is 1. The lowest BCUT2D eigenvalue weighted by Gasteiger charge is -2.13. The second-order valence-electron chi connectivity index (χ2n) is 5.61. The zero-order valence-corrected chi connectivity index (χ0v) is 13.2. The van der Waals surface area contributed by atoms with Crippen molar-refractivity contribution in [2.75, 3.05) is 7.11 Å². The maximum absolute atomic E-state index is 13.5. The Balaban J connectivity index is 2.52. The van der Waals surface area contributed by atoms with Gasteiger partial charge in [-0.3, -0.25) is 4.79 Å². The van der Waals surface area contributed by atoms with Gasteiger partial charge in [-0.25, -0.2) is 4.39 Å². The summed E-state index contributed by atoms with van der Waals surface area (Å²) in [5, 5.41) is 2.90. The number of hydrogen-bond acceptors (Lipinski definition) is 2. The normalized spacial score (nSPS) is 12.7. The molecule has 0 aliphatic rings. The maximum atomic E-state index is 13.5. The zero-order valence-electron chi connectivity index (χ0n) is 13.2. The number of nitrogens with one attached hydrogen (secondary N) is 1. The van der Waals surface area contributed by atoms with Gasteiger partial charge in [0.05, 0.1) is 7.11 Å². The fraction of sp³-hybridized carbons (Fsp3) is 0.471. The summed E-state index contributed by atoms with van der Waals surface area (Å²) in [5.41, 5.74) is 0.623. The van der Waals surface area contributed by atoms with Gasteiger partial charge in [0.2, 0.25) is 5.91 Å². The molecule has 0 fully saturated rings. The Bertz CT molecular complexity index is 498. The van der Waals surface area contributed by atoms with Crippen LogP contribution >= 0.6 is 0 Å². The molecule has 116 valence electrons. The minimum Gasteiger partial charge on any atom is -0.494 e. The van der Waals surface area contributed by atoms with Crippen LogP contribution in [0.4, 0.5) is 4.39 Å². The van der Waals surface area contributed by atoms with Crippen LogP contribution in [0.5, 0.6) is 5.75 Å². The fourth-order valence-corrected chi connectivity index (χ4v) is 1.90. The fourth-order valence-electron chi connectivity index (χ4n) is 1.90. The second kappa shape index (κ2) is 8.45. The first-order valence-corrected chi connectivity index (χ1v) is 7.24. The van der Waals surface area contributed by atoms with E-state index in [-0.39, 0.29) is 17.7 Å². The number of carbonyl (C=O) groups excluding carboxylic acids is 1. The summed E-state index contributed by atoms with van der Waals surface area (Å²) >= 11 is 0. The molecule has 1 unspecified atom stereocenters. The van der Waals surface area contributed by atoms with E-state index in [9.17, 15) is 9.18 Å². The molecule has 1 amide bonds. The first-order chi connectivity index (χ1) is 9.92. The van der Waals surface area contributed by atoms with Gasteiger partial charge in [0.1, 0.15) is 0 Å². The lowest BCUT2D eigenvalue weighted by atomic mass is 10.0. The molecule has 0 aliphatic heterocycles. The van der Waals surface area contributed by atoms with Crippen molar-refractivity contribution in [1.29, 1.82) is 0 Å². The highest BCUT2D eigenvalue weighted by molar-refractivity contribution is 5.91. The summed E-state index contributed by atoms with van der Waals surface area (Å²) in [6, 6.07) is 4.72. The standard InChI is InChI=1S/C17H24FNO2/c1-12(2)5-6-13(3)19-17(20)10-8-14-7-9-16(21-4)15(18)11-14/h7-13H,5-6H2,1-4H3,(H,19,20)/b10-8+. The lowest BCUT2D eigenvalue weighted by molar-refractivity contribution is -0.117. The zero-order chi connectivity index (χ0) is 15.8. The number of benzene rings is 1. The number of amides is 1. The van der Waals surface area contributed by atoms with Crippen LogP contribution < -0.4 is 10.1 Å². The molecule has 1 rings (SSSR count). The first kappa shape index (κ1) is 17.2. The van der Waals surface area contributed by atoms with Crippen LogP contribution in [0.15, 0.2) is 24.3 Å². The third-order valence-electron chi connectivity index (χ3n) is 3.17. The van der Waals surface area contributed by atoms with Crippen LogP contribution in [0.3, 0.4) is 0 Å². The van der Waals surface area contributed by atoms with Crippen molar-refractivity contribution in [2.24, 2.45) is 5.92 Å². The van der Waals surface area contributed by atoms with Crippen LogP contribution in [0.1, 0.15) is 39.2 Å². The van der Waals surface area contributed by atoms with E-state index in [2.05, 4.69) is 19.2 Å². The molecule has 21 heavy (non-hydrogen) atoms. The van der Waals surface area contributed by atoms with Gasteiger partial charge in [-0.05, 0) is 49.5 Å². The number of hydrogen-bond donors (Lipinski definition) is 1. The molecule has 4 heteroatoms. The molecule has 1 atom stereocenters. The predicted octanol–water partition coefficient (Wildman–Crippen LogP) is 3.79. The Labute approximate surface area is 126 Å². The molecule has 0 bridgehead atoms. The summed E-state index contributed by atoms with van der Waals surface area (Å²) in [6.45, 7) is 6.31. The van der Waals surface area contributed by atoms with Crippen LogP contribution in [-0.2, 0) is 4.79 Å². The molecule has 0 aliphatic carbocycles. The highest BCUT2D eigenvalue weighted by Gasteiger charge is 2.06. The van der Waals surface area contributed by atoms with Crippen molar-refractivity contribution in [3.63, 3.8) is 0 Å². The molecule has 1 aromatic carbocycles. The lowest BCUT2D eigenvalue weighted by Crippen LogP contribution is -2.31. The van der Waals surface area contributed by atoms with Crippen molar-refractivity contribution >= 4 is 12.0 Å². The molecule has 0 heterocycles. The van der Waals surface area contributed by atoms with Crippen molar-refractivity contribution in [2.45, 2.75) is 39.7 Å². The topological polar surface area (TPSA) is 38.3 Å². The van der Waals surface area contributed by atoms with Gasteiger partial charge < -0.3 is 10.1 Å². The summed E-state index contributed by atoms with van der Waals surface area (Å²) in [6.07, 6.45) is 5.05. The van der Waals surface area contributed by atoms with E-state index < -0.39 is 5.82 Å². The van der Waals surface area contributed by atoms with Crippen LogP contribution in [0.2, 0.25) is 0 Å². The van der Waals surface area contributed by atoms with Gasteiger partial charge in [-0.2, -0.15) is 0 Å². The number of ether oxygens (including phenoxy) is 1. The molecule has 0 saturated heterocycles. The van der Waals surface area contributed by atoms with Gasteiger partial charge in [-0.15, -0.1) is 0 Å². The van der Waals surface area contributed by atoms with Crippen molar-refractivity contribution < 1.29 is 13.9 Å². The number of rotatable bonds is 7. The maximum Gasteiger partial charge on any atom is 0.244 e. The van der Waals surface area contributed by atoms with E-state index in [0.29, 0.717) is 11.5 Å². The number of halogens is 1. The summed E-state index contributed by atoms with van der Waals surface area (Å²) < 4.78 is 18.3. The first-order valence-electron chi connectivity index (χ1n) is 7.24. The summed E-state index contributed by atoms with van der Waals surface area (Å²) in [5.74, 6) is 0.217. The van der Waals surface area contributed by atoms with Crippen LogP contribution in [-0.4, -0.2) is 19.1 Å². The molecule has 1 N–H and O–H groups in total. The Kier molecular flexibility index (Phi) is 6.92. The molecule has 0 spiro atoms.